The number of hydrogen-bond donors (Lipinski definition) is 2. The molecule has 0 unspecified atom stereocenters. The quantitative estimate of drug-likeness (QED) is 0.434. The molecule has 0 radical (unpaired) electrons. The monoisotopic (exact) mass is 456 g/mol. The van der Waals surface area contributed by atoms with Crippen molar-refractivity contribution in [1.82, 2.24) is 9.78 Å². The van der Waals surface area contributed by atoms with Gasteiger partial charge >= 0.3 is 6.09 Å². The van der Waals surface area contributed by atoms with Gasteiger partial charge in [0.25, 0.3) is 5.91 Å². The predicted octanol–water partition coefficient (Wildman–Crippen LogP) is 5.16. The summed E-state index contributed by atoms with van der Waals surface area (Å²) in [6.07, 6.45) is -0.821. The summed E-state index contributed by atoms with van der Waals surface area (Å²) < 4.78 is 33.3. The van der Waals surface area contributed by atoms with Gasteiger partial charge in [0, 0.05) is 11.1 Å². The first-order valence-corrected chi connectivity index (χ1v) is 10.3. The van der Waals surface area contributed by atoms with Crippen molar-refractivity contribution < 1.29 is 23.1 Å². The number of halogens is 2. The fraction of sp³-hybridized carbons (Fsp3) is 0.136. The first-order valence-electron chi connectivity index (χ1n) is 9.51. The van der Waals surface area contributed by atoms with Crippen LogP contribution in [0.1, 0.15) is 20.9 Å². The topological polar surface area (TPSA) is 85.2 Å². The van der Waals surface area contributed by atoms with Crippen LogP contribution >= 0.6 is 11.3 Å². The van der Waals surface area contributed by atoms with E-state index in [2.05, 4.69) is 20.5 Å². The van der Waals surface area contributed by atoms with Gasteiger partial charge in [-0.15, -0.1) is 11.3 Å². The second-order valence-electron chi connectivity index (χ2n) is 6.96. The highest BCUT2D eigenvalue weighted by Gasteiger charge is 2.17. The largest absolute Gasteiger partial charge is 0.453 e. The number of anilines is 2. The average Bonchev–Trinajstić information content (AvgIpc) is 3.33. The van der Waals surface area contributed by atoms with Gasteiger partial charge in [0.1, 0.15) is 16.5 Å². The van der Waals surface area contributed by atoms with Crippen molar-refractivity contribution in [2.45, 2.75) is 13.5 Å². The lowest BCUT2D eigenvalue weighted by molar-refractivity contribution is 0.103. The van der Waals surface area contributed by atoms with E-state index in [-0.39, 0.29) is 17.4 Å². The van der Waals surface area contributed by atoms with Crippen molar-refractivity contribution in [2.75, 3.05) is 17.7 Å². The highest BCUT2D eigenvalue weighted by molar-refractivity contribution is 7.20. The van der Waals surface area contributed by atoms with Gasteiger partial charge in [-0.1, -0.05) is 12.1 Å². The average molecular weight is 456 g/mol. The highest BCUT2D eigenvalue weighted by atomic mass is 32.1. The van der Waals surface area contributed by atoms with Gasteiger partial charge in [-0.25, -0.2) is 13.6 Å². The Morgan fingerprint density at radius 2 is 1.84 bits per heavy atom. The summed E-state index contributed by atoms with van der Waals surface area (Å²) in [5.74, 6) is -1.35. The van der Waals surface area contributed by atoms with Crippen LogP contribution in [0.15, 0.2) is 48.5 Å². The number of carbonyl (C=O) groups is 2. The smallest absolute Gasteiger partial charge is 0.411 e. The van der Waals surface area contributed by atoms with Crippen LogP contribution in [0.5, 0.6) is 0 Å². The van der Waals surface area contributed by atoms with Gasteiger partial charge in [0.05, 0.1) is 29.9 Å². The standard InChI is InChI=1S/C22H18F2N4O3S/c1-12-16-10-19(32-21(16)28(27-12)11-13-3-5-14(23)6-4-13)20(29)25-15-7-8-17(24)18(9-15)26-22(30)31-2/h3-10H,11H2,1-2H3,(H,25,29)(H,26,30). The fourth-order valence-electron chi connectivity index (χ4n) is 3.15. The first-order chi connectivity index (χ1) is 15.3. The lowest BCUT2D eigenvalue weighted by atomic mass is 10.2. The molecule has 32 heavy (non-hydrogen) atoms. The minimum Gasteiger partial charge on any atom is -0.453 e. The van der Waals surface area contributed by atoms with Crippen molar-refractivity contribution in [2.24, 2.45) is 0 Å². The maximum absolute atomic E-state index is 13.9. The van der Waals surface area contributed by atoms with Crippen molar-refractivity contribution in [3.05, 3.63) is 76.3 Å². The number of nitrogens with one attached hydrogen (secondary N) is 2. The number of benzene rings is 2. The number of rotatable bonds is 5. The minimum atomic E-state index is -0.821. The Labute approximate surface area is 185 Å². The Bertz CT molecular complexity index is 1310. The molecule has 2 aromatic heterocycles. The number of thiophene rings is 1. The summed E-state index contributed by atoms with van der Waals surface area (Å²) in [4.78, 5) is 25.4. The molecule has 0 aliphatic carbocycles. The van der Waals surface area contributed by atoms with Crippen molar-refractivity contribution in [3.8, 4) is 0 Å². The molecule has 2 N–H and O–H groups in total. The summed E-state index contributed by atoms with van der Waals surface area (Å²) in [7, 11) is 1.17. The molecular formula is C22H18F2N4O3S. The number of nitrogens with zero attached hydrogens (tertiary/aromatic N) is 2. The number of amides is 2. The molecule has 2 heterocycles. The third kappa shape index (κ3) is 4.45. The zero-order chi connectivity index (χ0) is 22.8. The molecule has 0 aliphatic heterocycles. The van der Waals surface area contributed by atoms with Crippen LogP contribution < -0.4 is 10.6 Å². The van der Waals surface area contributed by atoms with Gasteiger partial charge in [-0.2, -0.15) is 5.10 Å². The minimum absolute atomic E-state index is 0.114. The Balaban J connectivity index is 1.56. The maximum atomic E-state index is 13.9. The van der Waals surface area contributed by atoms with Crippen molar-refractivity contribution >= 4 is 44.9 Å². The Hall–Kier alpha value is -3.79. The number of carbonyl (C=O) groups excluding carboxylic acids is 2. The molecule has 4 aromatic rings. The van der Waals surface area contributed by atoms with Crippen LogP contribution in [0.2, 0.25) is 0 Å². The Morgan fingerprint density at radius 1 is 1.09 bits per heavy atom. The van der Waals surface area contributed by atoms with E-state index in [9.17, 15) is 18.4 Å². The molecule has 0 fully saturated rings. The maximum Gasteiger partial charge on any atom is 0.411 e. The van der Waals surface area contributed by atoms with Gasteiger partial charge < -0.3 is 10.1 Å². The second-order valence-corrected chi connectivity index (χ2v) is 7.99. The first kappa shape index (κ1) is 21.4. The van der Waals surface area contributed by atoms with Gasteiger partial charge in [0.2, 0.25) is 0 Å². The zero-order valence-electron chi connectivity index (χ0n) is 17.1. The van der Waals surface area contributed by atoms with E-state index < -0.39 is 11.9 Å². The predicted molar refractivity (Wildman–Crippen MR) is 118 cm³/mol. The number of ether oxygens (including phenoxy) is 1. The van der Waals surface area contributed by atoms with E-state index in [0.717, 1.165) is 27.5 Å². The summed E-state index contributed by atoms with van der Waals surface area (Å²) in [6, 6.07) is 11.7. The van der Waals surface area contributed by atoms with Crippen LogP contribution in [0, 0.1) is 18.6 Å². The summed E-state index contributed by atoms with van der Waals surface area (Å²) >= 11 is 1.27. The fourth-order valence-corrected chi connectivity index (χ4v) is 4.20. The number of aromatic nitrogens is 2. The Morgan fingerprint density at radius 3 is 2.56 bits per heavy atom. The van der Waals surface area contributed by atoms with Crippen LogP contribution in [0.25, 0.3) is 10.2 Å². The van der Waals surface area contributed by atoms with Crippen molar-refractivity contribution in [1.29, 1.82) is 0 Å². The molecule has 10 heteroatoms. The molecule has 0 spiro atoms. The third-order valence-corrected chi connectivity index (χ3v) is 5.87. The molecule has 0 saturated carbocycles. The van der Waals surface area contributed by atoms with Gasteiger partial charge in [-0.05, 0) is 48.9 Å². The third-order valence-electron chi connectivity index (χ3n) is 4.72. The number of fused-ring (bicyclic) bond motifs is 1. The summed E-state index contributed by atoms with van der Waals surface area (Å²) in [5.41, 5.74) is 1.85. The molecule has 2 amide bonds. The van der Waals surface area contributed by atoms with Crippen LogP contribution in [0.3, 0.4) is 0 Å². The van der Waals surface area contributed by atoms with Crippen molar-refractivity contribution in [3.63, 3.8) is 0 Å². The SMILES string of the molecule is COC(=O)Nc1cc(NC(=O)c2cc3c(C)nn(Cc4ccc(F)cc4)c3s2)ccc1F. The number of methoxy groups -OCH3 is 1. The van der Waals surface area contributed by atoms with E-state index in [1.807, 2.05) is 6.92 Å². The molecule has 164 valence electrons. The van der Waals surface area contributed by atoms with E-state index in [4.69, 9.17) is 0 Å². The summed E-state index contributed by atoms with van der Waals surface area (Å²) in [6.45, 7) is 2.29. The molecule has 0 saturated heterocycles. The normalized spacial score (nSPS) is 10.9. The lowest BCUT2D eigenvalue weighted by Crippen LogP contribution is -2.14. The van der Waals surface area contributed by atoms with E-state index in [1.165, 1.54) is 42.7 Å². The molecule has 0 atom stereocenters. The molecule has 2 aromatic carbocycles. The van der Waals surface area contributed by atoms with Crippen LogP contribution in [0.4, 0.5) is 25.0 Å². The highest BCUT2D eigenvalue weighted by Crippen LogP contribution is 2.30. The van der Waals surface area contributed by atoms with E-state index in [0.29, 0.717) is 17.1 Å². The molecular weight excluding hydrogens is 438 g/mol. The molecule has 0 aliphatic rings. The summed E-state index contributed by atoms with van der Waals surface area (Å²) in [5, 5.41) is 10.3. The molecule has 0 bridgehead atoms. The van der Waals surface area contributed by atoms with Crippen LogP contribution in [-0.2, 0) is 11.3 Å². The van der Waals surface area contributed by atoms with Gasteiger partial charge in [0.15, 0.2) is 0 Å². The van der Waals surface area contributed by atoms with E-state index >= 15 is 0 Å². The second kappa shape index (κ2) is 8.75. The molecule has 4 rings (SSSR count). The van der Waals surface area contributed by atoms with Crippen LogP contribution in [-0.4, -0.2) is 28.9 Å². The lowest BCUT2D eigenvalue weighted by Gasteiger charge is -2.08. The van der Waals surface area contributed by atoms with E-state index in [1.54, 1.807) is 22.9 Å². The number of hydrogen-bond acceptors (Lipinski definition) is 5. The molecule has 7 nitrogen and oxygen atoms in total. The zero-order valence-corrected chi connectivity index (χ0v) is 17.9. The number of aryl methyl sites for hydroxylation is 1. The van der Waals surface area contributed by atoms with Gasteiger partial charge in [-0.3, -0.25) is 14.8 Å². The Kier molecular flexibility index (Phi) is 5.87.